The summed E-state index contributed by atoms with van der Waals surface area (Å²) < 4.78 is 5.47. The Morgan fingerprint density at radius 2 is 2.21 bits per heavy atom. The molecular formula is C15H21NO3. The molecule has 0 heterocycles. The second kappa shape index (κ2) is 7.59. The molecule has 104 valence electrons. The molecule has 19 heavy (non-hydrogen) atoms. The smallest absolute Gasteiger partial charge is 0.257 e. The van der Waals surface area contributed by atoms with Gasteiger partial charge in [0.05, 0.1) is 11.7 Å². The number of amides is 1. The zero-order valence-corrected chi connectivity index (χ0v) is 11.5. The van der Waals surface area contributed by atoms with Crippen molar-refractivity contribution in [2.75, 3.05) is 20.2 Å². The Kier molecular flexibility index (Phi) is 6.09. The molecule has 1 amide bonds. The van der Waals surface area contributed by atoms with E-state index in [2.05, 4.69) is 6.58 Å². The molecule has 1 rings (SSSR count). The molecule has 0 fully saturated rings. The van der Waals surface area contributed by atoms with Gasteiger partial charge in [0.15, 0.2) is 0 Å². The minimum absolute atomic E-state index is 0.111. The number of hydrogen-bond acceptors (Lipinski definition) is 3. The lowest BCUT2D eigenvalue weighted by Gasteiger charge is -2.19. The van der Waals surface area contributed by atoms with E-state index in [0.717, 1.165) is 0 Å². The summed E-state index contributed by atoms with van der Waals surface area (Å²) in [5.74, 6) is 0.441. The van der Waals surface area contributed by atoms with Crippen LogP contribution in [-0.4, -0.2) is 42.2 Å². The van der Waals surface area contributed by atoms with Crippen molar-refractivity contribution in [1.29, 1.82) is 0 Å². The highest BCUT2D eigenvalue weighted by Gasteiger charge is 2.16. The van der Waals surface area contributed by atoms with Gasteiger partial charge in [-0.1, -0.05) is 24.8 Å². The number of para-hydroxylation sites is 1. The van der Waals surface area contributed by atoms with E-state index < -0.39 is 6.10 Å². The summed E-state index contributed by atoms with van der Waals surface area (Å²) in [5.41, 5.74) is 0.525. The molecule has 0 saturated heterocycles. The first kappa shape index (κ1) is 15.2. The molecular weight excluding hydrogens is 242 g/mol. The van der Waals surface area contributed by atoms with Gasteiger partial charge in [-0.05, 0) is 25.5 Å². The number of benzene rings is 1. The van der Waals surface area contributed by atoms with Crippen LogP contribution < -0.4 is 4.74 Å². The topological polar surface area (TPSA) is 49.8 Å². The van der Waals surface area contributed by atoms with Crippen LogP contribution in [0.25, 0.3) is 0 Å². The third-order valence-corrected chi connectivity index (χ3v) is 2.70. The number of carbonyl (C=O) groups excluding carboxylic acids is 1. The van der Waals surface area contributed by atoms with Crippen molar-refractivity contribution >= 4 is 5.91 Å². The standard InChI is InChI=1S/C15H21NO3/c1-4-11-19-14-8-6-5-7-13(14)15(18)16(3)10-9-12(2)17/h4-8,12,17H,1,9-11H2,2-3H3. The molecule has 1 aromatic carbocycles. The Balaban J connectivity index is 2.77. The van der Waals surface area contributed by atoms with Crippen LogP contribution in [0.2, 0.25) is 0 Å². The fourth-order valence-corrected chi connectivity index (χ4v) is 1.61. The fourth-order valence-electron chi connectivity index (χ4n) is 1.61. The lowest BCUT2D eigenvalue weighted by atomic mass is 10.1. The normalized spacial score (nSPS) is 11.7. The summed E-state index contributed by atoms with van der Waals surface area (Å²) in [7, 11) is 1.72. The van der Waals surface area contributed by atoms with Gasteiger partial charge in [0.1, 0.15) is 12.4 Å². The van der Waals surface area contributed by atoms with Crippen molar-refractivity contribution in [3.8, 4) is 5.75 Å². The van der Waals surface area contributed by atoms with Crippen LogP contribution in [0.1, 0.15) is 23.7 Å². The second-order valence-corrected chi connectivity index (χ2v) is 4.46. The molecule has 0 aliphatic heterocycles. The summed E-state index contributed by atoms with van der Waals surface area (Å²) in [6.45, 7) is 6.16. The molecule has 1 aromatic rings. The maximum absolute atomic E-state index is 12.3. The number of hydrogen-bond donors (Lipinski definition) is 1. The first-order chi connectivity index (χ1) is 9.06. The fraction of sp³-hybridized carbons (Fsp3) is 0.400. The van der Waals surface area contributed by atoms with E-state index in [9.17, 15) is 9.90 Å². The van der Waals surface area contributed by atoms with Crippen LogP contribution in [0, 0.1) is 0 Å². The van der Waals surface area contributed by atoms with Crippen LogP contribution >= 0.6 is 0 Å². The van der Waals surface area contributed by atoms with E-state index in [0.29, 0.717) is 30.9 Å². The van der Waals surface area contributed by atoms with Gasteiger partial charge in [0.2, 0.25) is 0 Å². The van der Waals surface area contributed by atoms with Crippen LogP contribution in [0.5, 0.6) is 5.75 Å². The Morgan fingerprint density at radius 1 is 1.53 bits per heavy atom. The highest BCUT2D eigenvalue weighted by molar-refractivity contribution is 5.96. The highest BCUT2D eigenvalue weighted by atomic mass is 16.5. The van der Waals surface area contributed by atoms with Gasteiger partial charge in [-0.3, -0.25) is 4.79 Å². The first-order valence-corrected chi connectivity index (χ1v) is 6.32. The van der Waals surface area contributed by atoms with Gasteiger partial charge in [0.25, 0.3) is 5.91 Å². The zero-order chi connectivity index (χ0) is 14.3. The van der Waals surface area contributed by atoms with E-state index in [1.165, 1.54) is 0 Å². The summed E-state index contributed by atoms with van der Waals surface area (Å²) in [6.07, 6.45) is 1.78. The number of ether oxygens (including phenoxy) is 1. The number of nitrogens with zero attached hydrogens (tertiary/aromatic N) is 1. The number of aliphatic hydroxyl groups is 1. The Labute approximate surface area is 114 Å². The quantitative estimate of drug-likeness (QED) is 0.766. The molecule has 0 spiro atoms. The average Bonchev–Trinajstić information content (AvgIpc) is 2.42. The molecule has 1 atom stereocenters. The molecule has 0 bridgehead atoms. The molecule has 0 saturated carbocycles. The molecule has 0 aromatic heterocycles. The Hall–Kier alpha value is -1.81. The van der Waals surface area contributed by atoms with Gasteiger partial charge >= 0.3 is 0 Å². The summed E-state index contributed by atoms with van der Waals surface area (Å²) >= 11 is 0. The van der Waals surface area contributed by atoms with Gasteiger partial charge in [0, 0.05) is 13.6 Å². The van der Waals surface area contributed by atoms with Crippen molar-refractivity contribution in [3.63, 3.8) is 0 Å². The highest BCUT2D eigenvalue weighted by Crippen LogP contribution is 2.19. The largest absolute Gasteiger partial charge is 0.489 e. The third kappa shape index (κ3) is 4.75. The zero-order valence-electron chi connectivity index (χ0n) is 11.5. The van der Waals surface area contributed by atoms with Gasteiger partial charge in [-0.25, -0.2) is 0 Å². The minimum Gasteiger partial charge on any atom is -0.489 e. The van der Waals surface area contributed by atoms with Crippen LogP contribution in [-0.2, 0) is 0 Å². The number of rotatable bonds is 7. The van der Waals surface area contributed by atoms with E-state index in [1.54, 1.807) is 43.1 Å². The van der Waals surface area contributed by atoms with Crippen molar-refractivity contribution in [1.82, 2.24) is 4.90 Å². The molecule has 4 heteroatoms. The van der Waals surface area contributed by atoms with E-state index in [1.807, 2.05) is 6.07 Å². The number of carbonyl (C=O) groups is 1. The summed E-state index contributed by atoms with van der Waals surface area (Å²) in [5, 5.41) is 9.25. The van der Waals surface area contributed by atoms with E-state index >= 15 is 0 Å². The second-order valence-electron chi connectivity index (χ2n) is 4.46. The summed E-state index contributed by atoms with van der Waals surface area (Å²) in [4.78, 5) is 13.9. The van der Waals surface area contributed by atoms with E-state index in [-0.39, 0.29) is 5.91 Å². The van der Waals surface area contributed by atoms with Crippen molar-refractivity contribution < 1.29 is 14.6 Å². The average molecular weight is 263 g/mol. The monoisotopic (exact) mass is 263 g/mol. The van der Waals surface area contributed by atoms with Crippen LogP contribution in [0.3, 0.4) is 0 Å². The van der Waals surface area contributed by atoms with Gasteiger partial charge in [-0.15, -0.1) is 0 Å². The molecule has 1 unspecified atom stereocenters. The van der Waals surface area contributed by atoms with Gasteiger partial charge in [-0.2, -0.15) is 0 Å². The van der Waals surface area contributed by atoms with Crippen molar-refractivity contribution in [2.45, 2.75) is 19.4 Å². The van der Waals surface area contributed by atoms with Crippen molar-refractivity contribution in [3.05, 3.63) is 42.5 Å². The molecule has 1 N–H and O–H groups in total. The van der Waals surface area contributed by atoms with Crippen LogP contribution in [0.4, 0.5) is 0 Å². The molecule has 0 aliphatic carbocycles. The SMILES string of the molecule is C=CCOc1ccccc1C(=O)N(C)CCC(C)O. The third-order valence-electron chi connectivity index (χ3n) is 2.70. The Bertz CT molecular complexity index is 429. The Morgan fingerprint density at radius 3 is 2.84 bits per heavy atom. The summed E-state index contributed by atoms with van der Waals surface area (Å²) in [6, 6.07) is 7.13. The predicted molar refractivity (Wildman–Crippen MR) is 75.4 cm³/mol. The van der Waals surface area contributed by atoms with Crippen molar-refractivity contribution in [2.24, 2.45) is 0 Å². The maximum atomic E-state index is 12.3. The predicted octanol–water partition coefficient (Wildman–Crippen LogP) is 2.09. The lowest BCUT2D eigenvalue weighted by Crippen LogP contribution is -2.29. The van der Waals surface area contributed by atoms with Crippen LogP contribution in [0.15, 0.2) is 36.9 Å². The lowest BCUT2D eigenvalue weighted by molar-refractivity contribution is 0.0765. The van der Waals surface area contributed by atoms with Gasteiger partial charge < -0.3 is 14.7 Å². The number of aliphatic hydroxyl groups excluding tert-OH is 1. The molecule has 0 aliphatic rings. The minimum atomic E-state index is -0.414. The maximum Gasteiger partial charge on any atom is 0.257 e. The molecule has 4 nitrogen and oxygen atoms in total. The first-order valence-electron chi connectivity index (χ1n) is 6.32. The van der Waals surface area contributed by atoms with E-state index in [4.69, 9.17) is 4.74 Å². The molecule has 0 radical (unpaired) electrons.